The van der Waals surface area contributed by atoms with Gasteiger partial charge in [-0.2, -0.15) is 10.2 Å². The third-order valence-electron chi connectivity index (χ3n) is 13.8. The number of aromatic nitrogens is 6. The smallest absolute Gasteiger partial charge is 0.245 e. The number of amides is 2. The molecule has 9 rings (SSSR count). The Kier molecular flexibility index (Phi) is 14.2. The van der Waals surface area contributed by atoms with Crippen molar-refractivity contribution in [1.82, 2.24) is 60.2 Å². The van der Waals surface area contributed by atoms with Crippen LogP contribution in [0.2, 0.25) is 5.02 Å². The van der Waals surface area contributed by atoms with Crippen molar-refractivity contribution < 1.29 is 9.59 Å². The summed E-state index contributed by atoms with van der Waals surface area (Å²) in [5.74, 6) is -0.160. The summed E-state index contributed by atoms with van der Waals surface area (Å²) in [6, 6.07) is 14.7. The molecule has 14 nitrogen and oxygen atoms in total. The Morgan fingerprint density at radius 2 is 1.30 bits per heavy atom. The van der Waals surface area contributed by atoms with Gasteiger partial charge >= 0.3 is 0 Å². The molecule has 2 amide bonds. The summed E-state index contributed by atoms with van der Waals surface area (Å²) in [6.45, 7) is 9.97. The lowest BCUT2D eigenvalue weighted by molar-refractivity contribution is -0.139. The molecule has 2 aromatic heterocycles. The van der Waals surface area contributed by atoms with Crippen molar-refractivity contribution in [3.05, 3.63) is 95.6 Å². The van der Waals surface area contributed by atoms with Gasteiger partial charge in [0.2, 0.25) is 11.8 Å². The van der Waals surface area contributed by atoms with Crippen molar-refractivity contribution in [2.45, 2.75) is 120 Å². The molecule has 5 aliphatic rings. The second-order valence-electron chi connectivity index (χ2n) is 17.6. The fourth-order valence-corrected chi connectivity index (χ4v) is 10.7. The first-order chi connectivity index (χ1) is 29.4. The zero-order valence-corrected chi connectivity index (χ0v) is 35.8. The first-order valence-electron chi connectivity index (χ1n) is 22.4. The topological polar surface area (TPSA) is 141 Å². The lowest BCUT2D eigenvalue weighted by atomic mass is 9.79. The number of halogens is 1. The fourth-order valence-electron chi connectivity index (χ4n) is 10.5. The largest absolute Gasteiger partial charge is 0.343 e. The Morgan fingerprint density at radius 3 is 1.87 bits per heavy atom. The van der Waals surface area contributed by atoms with Crippen LogP contribution in [0.5, 0.6) is 0 Å². The molecule has 0 radical (unpaired) electrons. The Hall–Kier alpha value is -4.21. The maximum absolute atomic E-state index is 14.0. The summed E-state index contributed by atoms with van der Waals surface area (Å²) in [4.78, 5) is 43.0. The Labute approximate surface area is 359 Å². The number of fused-ring (bicyclic) bond motifs is 1. The summed E-state index contributed by atoms with van der Waals surface area (Å²) in [5.41, 5.74) is 3.73. The van der Waals surface area contributed by atoms with Crippen LogP contribution in [0.4, 0.5) is 0 Å². The van der Waals surface area contributed by atoms with Crippen molar-refractivity contribution in [3.63, 3.8) is 0 Å². The number of benzene rings is 2. The average molecular weight is 840 g/mol. The van der Waals surface area contributed by atoms with E-state index in [9.17, 15) is 9.59 Å². The zero-order chi connectivity index (χ0) is 41.2. The molecule has 2 atom stereocenters. The standard InChI is InChI=1S/C32H40ClN7O2.C13H23N5/c33-27-10-8-24(9-11-27)18-29(37-30(41)28-19-25-6-2-3-7-26(25)20-35-28)31(42)38-14-16-39(17-15-38)32(12-4-1-5-13-32)21-40-23-34-22-36-40;1-2-4-13(5-3-1,10-18-12-15-11-16-18)17-8-6-14-7-9-17/h2-3,6-11,22-23,28-29,35H,1,4-5,12-21H2,(H,37,41);11-12,14H,1-10H2/t28-,29-;/m1./s1. The Morgan fingerprint density at radius 1 is 0.733 bits per heavy atom. The van der Waals surface area contributed by atoms with Gasteiger partial charge in [0, 0.05) is 81.4 Å². The molecule has 3 aliphatic heterocycles. The molecule has 5 heterocycles. The maximum atomic E-state index is 14.0. The summed E-state index contributed by atoms with van der Waals surface area (Å²) < 4.78 is 3.98. The molecule has 15 heteroatoms. The average Bonchev–Trinajstić information content (AvgIpc) is 4.02. The molecule has 2 aromatic carbocycles. The number of piperazine rings is 2. The van der Waals surface area contributed by atoms with Crippen LogP contribution in [0.25, 0.3) is 0 Å². The van der Waals surface area contributed by atoms with Gasteiger partial charge in [-0.05, 0) is 60.9 Å². The van der Waals surface area contributed by atoms with Gasteiger partial charge in [-0.1, -0.05) is 86.5 Å². The molecule has 322 valence electrons. The highest BCUT2D eigenvalue weighted by atomic mass is 35.5. The Balaban J connectivity index is 0.000000230. The highest BCUT2D eigenvalue weighted by Crippen LogP contribution is 2.37. The van der Waals surface area contributed by atoms with Crippen molar-refractivity contribution in [2.24, 2.45) is 0 Å². The molecule has 3 N–H and O–H groups in total. The van der Waals surface area contributed by atoms with Gasteiger partial charge < -0.3 is 20.9 Å². The molecular formula is C45H63ClN12O2. The van der Waals surface area contributed by atoms with Crippen LogP contribution in [0, 0.1) is 0 Å². The van der Waals surface area contributed by atoms with Crippen LogP contribution in [-0.4, -0.2) is 132 Å². The number of hydrogen-bond donors (Lipinski definition) is 3. The minimum Gasteiger partial charge on any atom is -0.343 e. The predicted octanol–water partition coefficient (Wildman–Crippen LogP) is 4.11. The first-order valence-corrected chi connectivity index (χ1v) is 22.8. The number of carbonyl (C=O) groups excluding carboxylic acids is 2. The van der Waals surface area contributed by atoms with Gasteiger partial charge in [0.25, 0.3) is 0 Å². The minimum absolute atomic E-state index is 0.0249. The van der Waals surface area contributed by atoms with E-state index in [1.54, 1.807) is 19.0 Å². The molecule has 0 bridgehead atoms. The highest BCUT2D eigenvalue weighted by molar-refractivity contribution is 6.30. The van der Waals surface area contributed by atoms with Crippen molar-refractivity contribution in [3.8, 4) is 0 Å². The Bertz CT molecular complexity index is 1930. The number of carbonyl (C=O) groups is 2. The molecule has 0 spiro atoms. The predicted molar refractivity (Wildman–Crippen MR) is 232 cm³/mol. The van der Waals surface area contributed by atoms with E-state index in [-0.39, 0.29) is 23.4 Å². The van der Waals surface area contributed by atoms with E-state index < -0.39 is 6.04 Å². The third kappa shape index (κ3) is 10.4. The third-order valence-corrected chi connectivity index (χ3v) is 14.1. The highest BCUT2D eigenvalue weighted by Gasteiger charge is 2.42. The van der Waals surface area contributed by atoms with Crippen molar-refractivity contribution in [2.75, 3.05) is 52.4 Å². The summed E-state index contributed by atoms with van der Waals surface area (Å²) in [5, 5.41) is 19.3. The van der Waals surface area contributed by atoms with Gasteiger partial charge in [-0.3, -0.25) is 28.8 Å². The maximum Gasteiger partial charge on any atom is 0.245 e. The van der Waals surface area contributed by atoms with Gasteiger partial charge in [-0.15, -0.1) is 0 Å². The van der Waals surface area contributed by atoms with Gasteiger partial charge in [0.15, 0.2) is 0 Å². The molecular weight excluding hydrogens is 776 g/mol. The van der Waals surface area contributed by atoms with E-state index in [4.69, 9.17) is 11.6 Å². The molecule has 2 aliphatic carbocycles. The zero-order valence-electron chi connectivity index (χ0n) is 35.1. The van der Waals surface area contributed by atoms with Crippen LogP contribution in [0.1, 0.15) is 80.9 Å². The van der Waals surface area contributed by atoms with Gasteiger partial charge in [0.1, 0.15) is 31.4 Å². The number of nitrogens with zero attached hydrogens (tertiary/aromatic N) is 9. The normalized spacial score (nSPS) is 22.5. The van der Waals surface area contributed by atoms with E-state index in [1.165, 1.54) is 75.6 Å². The first kappa shape index (κ1) is 42.5. The van der Waals surface area contributed by atoms with Gasteiger partial charge in [-0.25, -0.2) is 9.97 Å². The van der Waals surface area contributed by atoms with Crippen LogP contribution >= 0.6 is 11.6 Å². The number of nitrogens with one attached hydrogen (secondary N) is 3. The fraction of sp³-hybridized carbons (Fsp3) is 0.600. The number of rotatable bonds is 11. The van der Waals surface area contributed by atoms with Crippen LogP contribution in [0.15, 0.2) is 73.8 Å². The summed E-state index contributed by atoms with van der Waals surface area (Å²) in [7, 11) is 0. The molecule has 4 fully saturated rings. The molecule has 0 unspecified atom stereocenters. The van der Waals surface area contributed by atoms with Crippen molar-refractivity contribution >= 4 is 23.4 Å². The van der Waals surface area contributed by atoms with E-state index >= 15 is 0 Å². The summed E-state index contributed by atoms with van der Waals surface area (Å²) >= 11 is 6.13. The van der Waals surface area contributed by atoms with E-state index in [1.807, 2.05) is 57.0 Å². The minimum atomic E-state index is -0.650. The lowest BCUT2D eigenvalue weighted by Gasteiger charge is -2.50. The van der Waals surface area contributed by atoms with Crippen LogP contribution in [-0.2, 0) is 42.1 Å². The van der Waals surface area contributed by atoms with Crippen LogP contribution in [0.3, 0.4) is 0 Å². The second-order valence-corrected chi connectivity index (χ2v) is 18.0. The van der Waals surface area contributed by atoms with E-state index in [0.29, 0.717) is 43.0 Å². The van der Waals surface area contributed by atoms with Gasteiger partial charge in [0.05, 0.1) is 19.1 Å². The monoisotopic (exact) mass is 838 g/mol. The molecule has 2 saturated heterocycles. The van der Waals surface area contributed by atoms with E-state index in [2.05, 4.69) is 58.0 Å². The molecule has 2 saturated carbocycles. The SMILES string of the molecule is O=C(N[C@H](Cc1ccc(Cl)cc1)C(=O)N1CCN(C2(Cn3cncn3)CCCCC2)CC1)[C@H]1Cc2ccccc2CN1.c1ncn(CC2(N3CCNCC3)CCCCC2)n1. The molecule has 60 heavy (non-hydrogen) atoms. The quantitative estimate of drug-likeness (QED) is 0.202. The summed E-state index contributed by atoms with van der Waals surface area (Å²) in [6.07, 6.45) is 20.6. The number of hydrogen-bond acceptors (Lipinski definition) is 10. The second kappa shape index (κ2) is 20.1. The van der Waals surface area contributed by atoms with Crippen molar-refractivity contribution in [1.29, 1.82) is 0 Å². The lowest BCUT2D eigenvalue weighted by Crippen LogP contribution is -2.62. The molecule has 4 aromatic rings. The van der Waals surface area contributed by atoms with E-state index in [0.717, 1.165) is 57.7 Å². The van der Waals surface area contributed by atoms with Crippen LogP contribution < -0.4 is 16.0 Å².